The van der Waals surface area contributed by atoms with Crippen molar-refractivity contribution in [3.8, 4) is 17.7 Å². The Bertz CT molecular complexity index is 1080. The van der Waals surface area contributed by atoms with Gasteiger partial charge >= 0.3 is 0 Å². The molecular weight excluding hydrogens is 390 g/mol. The number of aromatic nitrogens is 1. The molecule has 2 N–H and O–H groups in total. The van der Waals surface area contributed by atoms with Gasteiger partial charge in [-0.2, -0.15) is 10.2 Å². The first-order valence-electron chi connectivity index (χ1n) is 9.41. The minimum Gasteiger partial charge on any atom is -0.469 e. The topological polar surface area (TPSA) is 138 Å². The monoisotopic (exact) mass is 409 g/mol. The third-order valence-electron chi connectivity index (χ3n) is 5.00. The van der Waals surface area contributed by atoms with Crippen LogP contribution in [0, 0.1) is 24.2 Å². The number of carbonyl (C=O) groups is 2. The molecule has 10 heteroatoms. The number of aryl methyl sites for hydroxylation is 1. The van der Waals surface area contributed by atoms with Crippen molar-refractivity contribution in [2.45, 2.75) is 19.8 Å². The number of furan rings is 2. The van der Waals surface area contributed by atoms with E-state index in [0.29, 0.717) is 48.9 Å². The van der Waals surface area contributed by atoms with E-state index in [1.54, 1.807) is 19.1 Å². The zero-order chi connectivity index (χ0) is 21.1. The predicted octanol–water partition coefficient (Wildman–Crippen LogP) is 2.39. The molecule has 1 fully saturated rings. The molecule has 0 spiro atoms. The Morgan fingerprint density at radius 3 is 2.63 bits per heavy atom. The average Bonchev–Trinajstić information content (AvgIpc) is 3.51. The SMILES string of the molecule is Cc1occc1C(=O)NNC(=O)C1CCN(c2oc(-c3ccco3)nc2C#N)CC1. The van der Waals surface area contributed by atoms with Gasteiger partial charge in [-0.15, -0.1) is 0 Å². The van der Waals surface area contributed by atoms with Crippen LogP contribution in [0.1, 0.15) is 34.7 Å². The second-order valence-electron chi connectivity index (χ2n) is 6.86. The second kappa shape index (κ2) is 8.16. The van der Waals surface area contributed by atoms with Gasteiger partial charge in [0.2, 0.25) is 17.5 Å². The highest BCUT2D eigenvalue weighted by atomic mass is 16.4. The van der Waals surface area contributed by atoms with Gasteiger partial charge < -0.3 is 18.2 Å². The van der Waals surface area contributed by atoms with Gasteiger partial charge in [0.05, 0.1) is 18.1 Å². The van der Waals surface area contributed by atoms with E-state index < -0.39 is 5.91 Å². The van der Waals surface area contributed by atoms with Gasteiger partial charge in [-0.3, -0.25) is 20.4 Å². The zero-order valence-corrected chi connectivity index (χ0v) is 16.2. The van der Waals surface area contributed by atoms with Crippen LogP contribution >= 0.6 is 0 Å². The number of amides is 2. The summed E-state index contributed by atoms with van der Waals surface area (Å²) in [6, 6.07) is 6.99. The van der Waals surface area contributed by atoms with Crippen molar-refractivity contribution in [2.75, 3.05) is 18.0 Å². The normalized spacial score (nSPS) is 14.3. The van der Waals surface area contributed by atoms with Crippen LogP contribution in [0.25, 0.3) is 11.7 Å². The first kappa shape index (κ1) is 19.3. The molecular formula is C20H19N5O5. The first-order chi connectivity index (χ1) is 14.6. The summed E-state index contributed by atoms with van der Waals surface area (Å²) in [5.41, 5.74) is 5.42. The smallest absolute Gasteiger partial charge is 0.273 e. The van der Waals surface area contributed by atoms with Gasteiger partial charge in [0.15, 0.2) is 5.76 Å². The molecule has 4 rings (SSSR count). The highest BCUT2D eigenvalue weighted by Crippen LogP contribution is 2.31. The number of hydrogen-bond donors (Lipinski definition) is 2. The second-order valence-corrected chi connectivity index (χ2v) is 6.86. The summed E-state index contributed by atoms with van der Waals surface area (Å²) in [4.78, 5) is 30.6. The number of carbonyl (C=O) groups excluding carboxylic acids is 2. The number of nitriles is 1. The Hall–Kier alpha value is -4.00. The summed E-state index contributed by atoms with van der Waals surface area (Å²) in [5, 5.41) is 9.38. The average molecular weight is 409 g/mol. The molecule has 30 heavy (non-hydrogen) atoms. The van der Waals surface area contributed by atoms with E-state index in [9.17, 15) is 14.9 Å². The lowest BCUT2D eigenvalue weighted by Crippen LogP contribution is -2.47. The Balaban J connectivity index is 1.34. The largest absolute Gasteiger partial charge is 0.469 e. The minimum atomic E-state index is -0.433. The molecule has 0 aliphatic carbocycles. The Kier molecular flexibility index (Phi) is 5.26. The summed E-state index contributed by atoms with van der Waals surface area (Å²) in [5.74, 6) is 0.552. The molecule has 1 aliphatic rings. The molecule has 0 atom stereocenters. The minimum absolute atomic E-state index is 0.173. The molecule has 154 valence electrons. The van der Waals surface area contributed by atoms with E-state index in [2.05, 4.69) is 15.8 Å². The number of nitrogens with one attached hydrogen (secondary N) is 2. The van der Waals surface area contributed by atoms with Gasteiger partial charge in [0, 0.05) is 19.0 Å². The van der Waals surface area contributed by atoms with Crippen molar-refractivity contribution in [2.24, 2.45) is 5.92 Å². The van der Waals surface area contributed by atoms with Crippen molar-refractivity contribution in [1.29, 1.82) is 5.26 Å². The van der Waals surface area contributed by atoms with Crippen LogP contribution in [-0.4, -0.2) is 29.9 Å². The number of rotatable bonds is 4. The molecule has 0 saturated carbocycles. The fraction of sp³-hybridized carbons (Fsp3) is 0.300. The molecule has 4 heterocycles. The molecule has 1 aliphatic heterocycles. The molecule has 2 amide bonds. The number of hydrogen-bond acceptors (Lipinski definition) is 8. The molecule has 0 bridgehead atoms. The lowest BCUT2D eigenvalue weighted by atomic mass is 9.96. The highest BCUT2D eigenvalue weighted by Gasteiger charge is 2.29. The quantitative estimate of drug-likeness (QED) is 0.627. The van der Waals surface area contributed by atoms with E-state index in [1.165, 1.54) is 18.6 Å². The van der Waals surface area contributed by atoms with Crippen LogP contribution in [0.3, 0.4) is 0 Å². The molecule has 3 aromatic rings. The number of anilines is 1. The summed E-state index contributed by atoms with van der Waals surface area (Å²) in [6.45, 7) is 2.69. The molecule has 0 aromatic carbocycles. The van der Waals surface area contributed by atoms with Crippen molar-refractivity contribution in [3.05, 3.63) is 47.7 Å². The first-order valence-corrected chi connectivity index (χ1v) is 9.41. The van der Waals surface area contributed by atoms with Crippen LogP contribution < -0.4 is 15.8 Å². The maximum Gasteiger partial charge on any atom is 0.273 e. The van der Waals surface area contributed by atoms with Gasteiger partial charge in [-0.05, 0) is 38.0 Å². The highest BCUT2D eigenvalue weighted by molar-refractivity contribution is 5.96. The summed E-state index contributed by atoms with van der Waals surface area (Å²) in [6.07, 6.45) is 3.99. The van der Waals surface area contributed by atoms with Crippen LogP contribution in [0.15, 0.2) is 44.0 Å². The van der Waals surface area contributed by atoms with Gasteiger partial charge in [0.1, 0.15) is 11.8 Å². The molecule has 3 aromatic heterocycles. The molecule has 1 saturated heterocycles. The van der Waals surface area contributed by atoms with E-state index in [-0.39, 0.29) is 23.4 Å². The Morgan fingerprint density at radius 1 is 1.20 bits per heavy atom. The fourth-order valence-electron chi connectivity index (χ4n) is 3.36. The maximum absolute atomic E-state index is 12.4. The van der Waals surface area contributed by atoms with Crippen LogP contribution in [0.2, 0.25) is 0 Å². The number of piperidine rings is 1. The maximum atomic E-state index is 12.4. The number of hydrazine groups is 1. The van der Waals surface area contributed by atoms with E-state index in [4.69, 9.17) is 13.3 Å². The summed E-state index contributed by atoms with van der Waals surface area (Å²) >= 11 is 0. The standard InChI is InChI=1S/C20H19N5O5/c1-12-14(6-10-28-12)18(27)24-23-17(26)13-4-7-25(8-5-13)20-15(11-21)22-19(30-20)16-3-2-9-29-16/h2-3,6,9-10,13H,4-5,7-8H2,1H3,(H,23,26)(H,24,27). The summed E-state index contributed by atoms with van der Waals surface area (Å²) in [7, 11) is 0. The van der Waals surface area contributed by atoms with Crippen molar-refractivity contribution >= 4 is 17.7 Å². The van der Waals surface area contributed by atoms with E-state index in [0.717, 1.165) is 0 Å². The third-order valence-corrected chi connectivity index (χ3v) is 5.00. The summed E-state index contributed by atoms with van der Waals surface area (Å²) < 4.78 is 16.1. The van der Waals surface area contributed by atoms with Crippen molar-refractivity contribution in [1.82, 2.24) is 15.8 Å². The zero-order valence-electron chi connectivity index (χ0n) is 16.2. The number of nitrogens with zero attached hydrogens (tertiary/aromatic N) is 3. The van der Waals surface area contributed by atoms with Gasteiger partial charge in [-0.25, -0.2) is 0 Å². The van der Waals surface area contributed by atoms with Crippen molar-refractivity contribution in [3.63, 3.8) is 0 Å². The molecule has 10 nitrogen and oxygen atoms in total. The van der Waals surface area contributed by atoms with Gasteiger partial charge in [-0.1, -0.05) is 0 Å². The van der Waals surface area contributed by atoms with Crippen LogP contribution in [0.4, 0.5) is 5.88 Å². The van der Waals surface area contributed by atoms with E-state index in [1.807, 2.05) is 11.0 Å². The predicted molar refractivity (Wildman–Crippen MR) is 103 cm³/mol. The van der Waals surface area contributed by atoms with Crippen LogP contribution in [-0.2, 0) is 4.79 Å². The molecule has 0 unspecified atom stereocenters. The lowest BCUT2D eigenvalue weighted by molar-refractivity contribution is -0.126. The van der Waals surface area contributed by atoms with Crippen molar-refractivity contribution < 1.29 is 22.8 Å². The Labute approximate surface area is 171 Å². The molecule has 0 radical (unpaired) electrons. The number of oxazole rings is 1. The fourth-order valence-corrected chi connectivity index (χ4v) is 3.36. The lowest BCUT2D eigenvalue weighted by Gasteiger charge is -2.30. The Morgan fingerprint density at radius 2 is 2.00 bits per heavy atom. The van der Waals surface area contributed by atoms with E-state index >= 15 is 0 Å². The third kappa shape index (κ3) is 3.77. The van der Waals surface area contributed by atoms with Crippen LogP contribution in [0.5, 0.6) is 0 Å². The van der Waals surface area contributed by atoms with Gasteiger partial charge in [0.25, 0.3) is 11.8 Å².